The van der Waals surface area contributed by atoms with E-state index in [1.807, 2.05) is 6.92 Å². The number of nitrogens with one attached hydrogen (secondary N) is 1. The Balaban J connectivity index is 2.64. The molecule has 1 aromatic heterocycles. The van der Waals surface area contributed by atoms with E-state index in [1.165, 1.54) is 7.11 Å². The normalized spacial score (nSPS) is 12.3. The van der Waals surface area contributed by atoms with E-state index in [0.717, 1.165) is 0 Å². The lowest BCUT2D eigenvalue weighted by molar-refractivity contribution is 0.244. The third-order valence-corrected chi connectivity index (χ3v) is 1.86. The van der Waals surface area contributed by atoms with Crippen LogP contribution in [0.15, 0.2) is 0 Å². The number of halogens is 1. The van der Waals surface area contributed by atoms with Crippen molar-refractivity contribution in [3.63, 3.8) is 0 Å². The number of methoxy groups -OCH3 is 1. The Morgan fingerprint density at radius 1 is 1.47 bits per heavy atom. The summed E-state index contributed by atoms with van der Waals surface area (Å²) < 4.78 is 4.83. The number of hydrogen-bond acceptors (Lipinski definition) is 6. The summed E-state index contributed by atoms with van der Waals surface area (Å²) in [5, 5.41) is 11.8. The Bertz CT molecular complexity index is 324. The van der Waals surface area contributed by atoms with Gasteiger partial charge >= 0.3 is 6.01 Å². The molecule has 0 amide bonds. The Kier molecular flexibility index (Phi) is 4.51. The zero-order valence-electron chi connectivity index (χ0n) is 8.57. The Hall–Kier alpha value is -1.14. The minimum atomic E-state index is 0.0704. The molecule has 0 bridgehead atoms. The van der Waals surface area contributed by atoms with Crippen LogP contribution in [-0.2, 0) is 0 Å². The summed E-state index contributed by atoms with van der Waals surface area (Å²) in [5.74, 6) is 0.457. The van der Waals surface area contributed by atoms with E-state index < -0.39 is 0 Å². The zero-order valence-corrected chi connectivity index (χ0v) is 9.32. The summed E-state index contributed by atoms with van der Waals surface area (Å²) in [4.78, 5) is 11.5. The molecule has 1 atom stereocenters. The van der Waals surface area contributed by atoms with Crippen LogP contribution in [0.3, 0.4) is 0 Å². The average molecular weight is 233 g/mol. The molecule has 0 saturated carbocycles. The lowest BCUT2D eigenvalue weighted by Gasteiger charge is -2.09. The van der Waals surface area contributed by atoms with Gasteiger partial charge in [0.1, 0.15) is 0 Å². The minimum Gasteiger partial charge on any atom is -0.467 e. The van der Waals surface area contributed by atoms with Gasteiger partial charge in [-0.25, -0.2) is 0 Å². The van der Waals surface area contributed by atoms with Crippen LogP contribution in [0.1, 0.15) is 6.92 Å². The van der Waals surface area contributed by atoms with Crippen LogP contribution in [-0.4, -0.2) is 40.3 Å². The van der Waals surface area contributed by atoms with Crippen LogP contribution < -0.4 is 10.1 Å². The Morgan fingerprint density at radius 3 is 2.80 bits per heavy atom. The molecule has 0 radical (unpaired) electrons. The fourth-order valence-corrected chi connectivity index (χ4v) is 0.985. The molecule has 0 saturated heterocycles. The molecule has 0 fully saturated rings. The van der Waals surface area contributed by atoms with Crippen LogP contribution in [0.4, 0.5) is 5.95 Å². The predicted molar refractivity (Wildman–Crippen MR) is 56.1 cm³/mol. The maximum atomic E-state index is 8.82. The van der Waals surface area contributed by atoms with E-state index >= 15 is 0 Å². The molecular weight excluding hydrogens is 220 g/mol. The molecule has 1 rings (SSSR count). The first-order chi connectivity index (χ1) is 7.15. The molecule has 15 heavy (non-hydrogen) atoms. The highest BCUT2D eigenvalue weighted by Gasteiger charge is 2.06. The van der Waals surface area contributed by atoms with E-state index in [9.17, 15) is 0 Å². The monoisotopic (exact) mass is 232 g/mol. The van der Waals surface area contributed by atoms with E-state index in [2.05, 4.69) is 20.3 Å². The summed E-state index contributed by atoms with van der Waals surface area (Å²) in [7, 11) is 1.45. The van der Waals surface area contributed by atoms with Gasteiger partial charge in [0.15, 0.2) is 0 Å². The summed E-state index contributed by atoms with van der Waals surface area (Å²) in [6.45, 7) is 2.55. The van der Waals surface area contributed by atoms with Gasteiger partial charge in [-0.3, -0.25) is 0 Å². The topological polar surface area (TPSA) is 80.2 Å². The summed E-state index contributed by atoms with van der Waals surface area (Å²) in [6.07, 6.45) is 0. The lowest BCUT2D eigenvalue weighted by Crippen LogP contribution is -2.16. The maximum Gasteiger partial charge on any atom is 0.322 e. The summed E-state index contributed by atoms with van der Waals surface area (Å²) in [5.41, 5.74) is 0. The zero-order chi connectivity index (χ0) is 11.3. The molecule has 1 heterocycles. The standard InChI is InChI=1S/C8H13ClN4O2/c1-5(4-14)3-10-7-11-6(9)12-8(13-7)15-2/h5,14H,3-4H2,1-2H3,(H,10,11,12,13). The molecule has 0 spiro atoms. The second-order valence-corrected chi connectivity index (χ2v) is 3.42. The molecule has 0 aliphatic rings. The summed E-state index contributed by atoms with van der Waals surface area (Å²) in [6, 6.07) is 0.161. The van der Waals surface area contributed by atoms with E-state index in [0.29, 0.717) is 12.5 Å². The largest absolute Gasteiger partial charge is 0.467 e. The van der Waals surface area contributed by atoms with Crippen molar-refractivity contribution in [2.24, 2.45) is 5.92 Å². The van der Waals surface area contributed by atoms with Crippen LogP contribution in [0.5, 0.6) is 6.01 Å². The molecule has 0 aliphatic carbocycles. The number of rotatable bonds is 5. The summed E-state index contributed by atoms with van der Waals surface area (Å²) >= 11 is 5.65. The highest BCUT2D eigenvalue weighted by molar-refractivity contribution is 6.28. The van der Waals surface area contributed by atoms with Gasteiger partial charge in [0.2, 0.25) is 11.2 Å². The van der Waals surface area contributed by atoms with Crippen molar-refractivity contribution in [1.82, 2.24) is 15.0 Å². The molecule has 1 unspecified atom stereocenters. The van der Waals surface area contributed by atoms with Crippen LogP contribution in [0, 0.1) is 5.92 Å². The molecular formula is C8H13ClN4O2. The van der Waals surface area contributed by atoms with Crippen LogP contribution in [0.25, 0.3) is 0 Å². The average Bonchev–Trinajstić information content (AvgIpc) is 2.25. The molecule has 84 valence electrons. The second kappa shape index (κ2) is 5.67. The van der Waals surface area contributed by atoms with E-state index in [-0.39, 0.29) is 23.8 Å². The van der Waals surface area contributed by atoms with Crippen molar-refractivity contribution in [3.8, 4) is 6.01 Å². The van der Waals surface area contributed by atoms with E-state index in [1.54, 1.807) is 0 Å². The highest BCUT2D eigenvalue weighted by Crippen LogP contribution is 2.10. The van der Waals surface area contributed by atoms with Crippen molar-refractivity contribution < 1.29 is 9.84 Å². The third kappa shape index (κ3) is 3.85. The van der Waals surface area contributed by atoms with Crippen molar-refractivity contribution >= 4 is 17.5 Å². The maximum absolute atomic E-state index is 8.82. The number of aliphatic hydroxyl groups excluding tert-OH is 1. The first-order valence-corrected chi connectivity index (χ1v) is 4.83. The van der Waals surface area contributed by atoms with Gasteiger partial charge in [-0.15, -0.1) is 0 Å². The number of ether oxygens (including phenoxy) is 1. The number of aromatic nitrogens is 3. The van der Waals surface area contributed by atoms with Crippen molar-refractivity contribution in [3.05, 3.63) is 5.28 Å². The van der Waals surface area contributed by atoms with Crippen LogP contribution in [0.2, 0.25) is 5.28 Å². The molecule has 6 nitrogen and oxygen atoms in total. The van der Waals surface area contributed by atoms with Gasteiger partial charge in [-0.2, -0.15) is 15.0 Å². The van der Waals surface area contributed by atoms with Gasteiger partial charge in [-0.05, 0) is 17.5 Å². The Morgan fingerprint density at radius 2 is 2.20 bits per heavy atom. The van der Waals surface area contributed by atoms with Crippen molar-refractivity contribution in [2.45, 2.75) is 6.92 Å². The second-order valence-electron chi connectivity index (χ2n) is 3.08. The minimum absolute atomic E-state index is 0.0704. The smallest absolute Gasteiger partial charge is 0.322 e. The quantitative estimate of drug-likeness (QED) is 0.773. The molecule has 7 heteroatoms. The first-order valence-electron chi connectivity index (χ1n) is 4.46. The molecule has 0 aromatic carbocycles. The third-order valence-electron chi connectivity index (χ3n) is 1.69. The van der Waals surface area contributed by atoms with Gasteiger partial charge < -0.3 is 15.2 Å². The van der Waals surface area contributed by atoms with E-state index in [4.69, 9.17) is 21.4 Å². The predicted octanol–water partition coefficient (Wildman–Crippen LogP) is 0.574. The lowest BCUT2D eigenvalue weighted by atomic mass is 10.2. The Labute approximate surface area is 92.7 Å². The van der Waals surface area contributed by atoms with Gasteiger partial charge in [0, 0.05) is 13.2 Å². The number of nitrogens with zero attached hydrogens (tertiary/aromatic N) is 3. The van der Waals surface area contributed by atoms with Crippen LogP contribution >= 0.6 is 11.6 Å². The molecule has 0 aliphatic heterocycles. The number of anilines is 1. The fraction of sp³-hybridized carbons (Fsp3) is 0.625. The van der Waals surface area contributed by atoms with Gasteiger partial charge in [0.25, 0.3) is 0 Å². The molecule has 1 aromatic rings. The number of hydrogen-bond donors (Lipinski definition) is 2. The van der Waals surface area contributed by atoms with Gasteiger partial charge in [-0.1, -0.05) is 6.92 Å². The van der Waals surface area contributed by atoms with Crippen molar-refractivity contribution in [2.75, 3.05) is 25.6 Å². The molecule has 2 N–H and O–H groups in total. The first kappa shape index (κ1) is 11.9. The highest BCUT2D eigenvalue weighted by atomic mass is 35.5. The SMILES string of the molecule is COc1nc(Cl)nc(NCC(C)CO)n1. The van der Waals surface area contributed by atoms with Crippen molar-refractivity contribution in [1.29, 1.82) is 0 Å². The number of aliphatic hydroxyl groups is 1. The van der Waals surface area contributed by atoms with Gasteiger partial charge in [0.05, 0.1) is 7.11 Å². The fourth-order valence-electron chi connectivity index (χ4n) is 0.832.